The normalized spacial score (nSPS) is 23.1. The Labute approximate surface area is 206 Å². The topological polar surface area (TPSA) is 90.8 Å². The Morgan fingerprint density at radius 2 is 1.94 bits per heavy atom. The van der Waals surface area contributed by atoms with Crippen molar-refractivity contribution in [3.05, 3.63) is 59.8 Å². The molecule has 0 unspecified atom stereocenters. The lowest BCUT2D eigenvalue weighted by atomic mass is 10.1. The van der Waals surface area contributed by atoms with E-state index in [0.29, 0.717) is 35.9 Å². The third-order valence-electron chi connectivity index (χ3n) is 7.05. The highest BCUT2D eigenvalue weighted by molar-refractivity contribution is 5.59. The molecule has 5 atom stereocenters. The van der Waals surface area contributed by atoms with Crippen molar-refractivity contribution < 1.29 is 14.7 Å². The van der Waals surface area contributed by atoms with Crippen molar-refractivity contribution in [2.45, 2.75) is 19.1 Å². The lowest BCUT2D eigenvalue weighted by molar-refractivity contribution is 0.179. The monoisotopic (exact) mass is 475 g/mol. The maximum atomic E-state index is 10.1. The van der Waals surface area contributed by atoms with Gasteiger partial charge in [-0.3, -0.25) is 0 Å². The number of likely N-dealkylation sites (N-methyl/N-ethyl adjacent to an activating group) is 1. The number of hydrogen-bond acceptors (Lipinski definition) is 7. The average Bonchev–Trinajstić information content (AvgIpc) is 3.34. The first-order chi connectivity index (χ1) is 16.9. The van der Waals surface area contributed by atoms with Gasteiger partial charge < -0.3 is 29.1 Å². The number of aliphatic hydroxyl groups is 2. The van der Waals surface area contributed by atoms with E-state index in [1.165, 1.54) is 0 Å². The number of imidazole rings is 1. The van der Waals surface area contributed by atoms with Gasteiger partial charge in [-0.05, 0) is 57.1 Å². The quantitative estimate of drug-likeness (QED) is 0.483. The van der Waals surface area contributed by atoms with Crippen molar-refractivity contribution in [3.8, 4) is 23.2 Å². The molecular weight excluding hydrogens is 442 g/mol. The Morgan fingerprint density at radius 1 is 1.20 bits per heavy atom. The smallest absolute Gasteiger partial charge is 0.167 e. The van der Waals surface area contributed by atoms with Crippen molar-refractivity contribution in [2.24, 2.45) is 17.8 Å². The minimum atomic E-state index is -0.677. The fraction of sp³-hybridized carbons (Fsp3) is 0.481. The van der Waals surface area contributed by atoms with E-state index < -0.39 is 6.10 Å². The van der Waals surface area contributed by atoms with Gasteiger partial charge in [0.05, 0.1) is 12.6 Å². The van der Waals surface area contributed by atoms with Crippen LogP contribution in [-0.4, -0.2) is 81.6 Å². The molecule has 2 aliphatic rings. The molecule has 1 saturated carbocycles. The van der Waals surface area contributed by atoms with Crippen LogP contribution in [0.15, 0.2) is 47.2 Å². The maximum Gasteiger partial charge on any atom is 0.167 e. The van der Waals surface area contributed by atoms with Gasteiger partial charge in [-0.15, -0.1) is 0 Å². The van der Waals surface area contributed by atoms with Crippen LogP contribution in [0.2, 0.25) is 0 Å². The summed E-state index contributed by atoms with van der Waals surface area (Å²) in [5, 5.41) is 23.6. The molecule has 1 aromatic carbocycles. The van der Waals surface area contributed by atoms with Crippen molar-refractivity contribution in [1.29, 1.82) is 0 Å². The first-order valence-corrected chi connectivity index (χ1v) is 12.2. The number of benzene rings is 1. The average molecular weight is 476 g/mol. The molecule has 0 radical (unpaired) electrons. The Morgan fingerprint density at radius 3 is 2.60 bits per heavy atom. The minimum Gasteiger partial charge on any atom is -0.395 e. The molecule has 1 aliphatic carbocycles. The lowest BCUT2D eigenvalue weighted by Gasteiger charge is -2.23. The number of aliphatic hydroxyl groups excluding tert-OH is 2. The number of nitrogens with zero attached hydrogens (tertiary/aromatic N) is 5. The standard InChI is InChI=1S/C27H33N5O3/c1-18(34)27-28-10-11-32(27)25(17-30(2)3)24-14-26(35-29-24)20-7-4-19(5-8-20)6-9-21-22-15-31(12-13-33)16-23(21)22/h4-5,7-8,10-11,14,18,21-23,25,33-34H,12-13,15-17H2,1-3H3/t18-,21-,22+,23-,25+/m0/s1. The summed E-state index contributed by atoms with van der Waals surface area (Å²) in [6.07, 6.45) is 2.89. The molecular formula is C27H33N5O3. The van der Waals surface area contributed by atoms with Gasteiger partial charge in [-0.1, -0.05) is 17.0 Å². The third kappa shape index (κ3) is 5.04. The highest BCUT2D eigenvalue weighted by Gasteiger charge is 2.54. The first kappa shape index (κ1) is 23.8. The zero-order valence-electron chi connectivity index (χ0n) is 20.5. The summed E-state index contributed by atoms with van der Waals surface area (Å²) in [4.78, 5) is 8.73. The van der Waals surface area contributed by atoms with Crippen LogP contribution in [0.25, 0.3) is 11.3 Å². The van der Waals surface area contributed by atoms with E-state index >= 15 is 0 Å². The van der Waals surface area contributed by atoms with Crippen molar-refractivity contribution in [2.75, 3.05) is 46.9 Å². The Hall–Kier alpha value is -2.96. The fourth-order valence-corrected chi connectivity index (χ4v) is 5.20. The molecule has 184 valence electrons. The van der Waals surface area contributed by atoms with E-state index in [2.05, 4.69) is 31.8 Å². The number of hydrogen-bond donors (Lipinski definition) is 2. The second-order valence-corrected chi connectivity index (χ2v) is 9.95. The van der Waals surface area contributed by atoms with E-state index in [-0.39, 0.29) is 12.6 Å². The van der Waals surface area contributed by atoms with Gasteiger partial charge in [0.1, 0.15) is 17.6 Å². The van der Waals surface area contributed by atoms with Crippen LogP contribution < -0.4 is 0 Å². The zero-order valence-corrected chi connectivity index (χ0v) is 20.5. The summed E-state index contributed by atoms with van der Waals surface area (Å²) < 4.78 is 7.68. The van der Waals surface area contributed by atoms with Crippen molar-refractivity contribution in [3.63, 3.8) is 0 Å². The van der Waals surface area contributed by atoms with Crippen LogP contribution in [0.1, 0.15) is 36.2 Å². The van der Waals surface area contributed by atoms with E-state index in [1.807, 2.05) is 55.2 Å². The molecule has 1 saturated heterocycles. The summed E-state index contributed by atoms with van der Waals surface area (Å²) in [6, 6.07) is 9.92. The largest absolute Gasteiger partial charge is 0.395 e. The number of likely N-dealkylation sites (tertiary alicyclic amines) is 1. The molecule has 1 aliphatic heterocycles. The van der Waals surface area contributed by atoms with Gasteiger partial charge in [0, 0.05) is 61.7 Å². The summed E-state index contributed by atoms with van der Waals surface area (Å²) in [7, 11) is 4.01. The number of piperidine rings is 1. The molecule has 2 N–H and O–H groups in total. The van der Waals surface area contributed by atoms with Crippen LogP contribution >= 0.6 is 0 Å². The lowest BCUT2D eigenvalue weighted by Crippen LogP contribution is -2.27. The van der Waals surface area contributed by atoms with Crippen LogP contribution in [0.4, 0.5) is 0 Å². The van der Waals surface area contributed by atoms with E-state index in [1.54, 1.807) is 13.1 Å². The second-order valence-electron chi connectivity index (χ2n) is 9.95. The molecule has 35 heavy (non-hydrogen) atoms. The zero-order chi connectivity index (χ0) is 24.5. The van der Waals surface area contributed by atoms with E-state index in [0.717, 1.165) is 36.5 Å². The van der Waals surface area contributed by atoms with Gasteiger partial charge in [-0.2, -0.15) is 0 Å². The number of aromatic nitrogens is 3. The van der Waals surface area contributed by atoms with Gasteiger partial charge in [0.15, 0.2) is 5.76 Å². The number of fused-ring (bicyclic) bond motifs is 1. The summed E-state index contributed by atoms with van der Waals surface area (Å²) in [5.41, 5.74) is 2.73. The van der Waals surface area contributed by atoms with Crippen LogP contribution in [0.3, 0.4) is 0 Å². The van der Waals surface area contributed by atoms with Crippen LogP contribution in [0, 0.1) is 29.6 Å². The second kappa shape index (κ2) is 9.96. The molecule has 8 nitrogen and oxygen atoms in total. The minimum absolute atomic E-state index is 0.133. The number of rotatable bonds is 8. The molecule has 5 rings (SSSR count). The van der Waals surface area contributed by atoms with E-state index in [4.69, 9.17) is 9.63 Å². The van der Waals surface area contributed by atoms with Gasteiger partial charge in [0.25, 0.3) is 0 Å². The fourth-order valence-electron chi connectivity index (χ4n) is 5.20. The van der Waals surface area contributed by atoms with E-state index in [9.17, 15) is 5.11 Å². The first-order valence-electron chi connectivity index (χ1n) is 12.2. The molecule has 0 spiro atoms. The molecule has 3 heterocycles. The van der Waals surface area contributed by atoms with Gasteiger partial charge >= 0.3 is 0 Å². The molecule has 3 aromatic rings. The van der Waals surface area contributed by atoms with Crippen LogP contribution in [-0.2, 0) is 0 Å². The number of β-amino-alcohol motifs (C(OH)–C–C–N with tert-alkyl or cyclic N) is 1. The van der Waals surface area contributed by atoms with Crippen molar-refractivity contribution >= 4 is 0 Å². The molecule has 2 fully saturated rings. The predicted molar refractivity (Wildman–Crippen MR) is 132 cm³/mol. The summed E-state index contributed by atoms with van der Waals surface area (Å²) in [5.74, 6) is 9.92. The molecule has 0 amide bonds. The predicted octanol–water partition coefficient (Wildman–Crippen LogP) is 2.26. The Balaban J connectivity index is 1.28. The third-order valence-corrected chi connectivity index (χ3v) is 7.05. The molecule has 8 heteroatoms. The highest BCUT2D eigenvalue weighted by atomic mass is 16.5. The van der Waals surface area contributed by atoms with Gasteiger partial charge in [-0.25, -0.2) is 4.98 Å². The summed E-state index contributed by atoms with van der Waals surface area (Å²) in [6.45, 7) is 5.53. The summed E-state index contributed by atoms with van der Waals surface area (Å²) >= 11 is 0. The highest BCUT2D eigenvalue weighted by Crippen LogP contribution is 2.51. The van der Waals surface area contributed by atoms with Crippen molar-refractivity contribution in [1.82, 2.24) is 24.5 Å². The SMILES string of the molecule is C[C@H](O)c1nccn1[C@H](CN(C)C)c1cc(-c2ccc(C#C[C@H]3[C@H]4CN(CCO)C[C@@H]34)cc2)on1. The Bertz CT molecular complexity index is 1190. The van der Waals surface area contributed by atoms with Crippen LogP contribution in [0.5, 0.6) is 0 Å². The molecule has 2 aromatic heterocycles. The Kier molecular flexibility index (Phi) is 6.76. The van der Waals surface area contributed by atoms with Gasteiger partial charge in [0.2, 0.25) is 0 Å². The molecule has 0 bridgehead atoms. The maximum absolute atomic E-state index is 10.1.